The maximum Gasteiger partial charge on any atom is 0.302 e. The van der Waals surface area contributed by atoms with Crippen LogP contribution >= 0.6 is 0 Å². The molecule has 1 aliphatic rings. The second-order valence-electron chi connectivity index (χ2n) is 6.77. The molecule has 0 spiro atoms. The van der Waals surface area contributed by atoms with Crippen molar-refractivity contribution >= 4 is 17.6 Å². The third-order valence-electron chi connectivity index (χ3n) is 4.39. The highest BCUT2D eigenvalue weighted by Gasteiger charge is 2.41. The van der Waals surface area contributed by atoms with Crippen LogP contribution in [0.15, 0.2) is 48.5 Å². The van der Waals surface area contributed by atoms with Crippen molar-refractivity contribution in [1.82, 2.24) is 0 Å². The van der Waals surface area contributed by atoms with Gasteiger partial charge in [-0.25, -0.2) is 0 Å². The molecule has 2 aromatic carbocycles. The van der Waals surface area contributed by atoms with E-state index in [1.54, 1.807) is 49.6 Å². The van der Waals surface area contributed by atoms with Crippen LogP contribution in [-0.2, 0) is 14.3 Å². The van der Waals surface area contributed by atoms with Crippen LogP contribution in [0.5, 0.6) is 11.5 Å². The minimum atomic E-state index is -0.325. The average Bonchev–Trinajstić information content (AvgIpc) is 2.67. The predicted octanol–water partition coefficient (Wildman–Crippen LogP) is 2.91. The Labute approximate surface area is 163 Å². The van der Waals surface area contributed by atoms with Crippen molar-refractivity contribution in [3.05, 3.63) is 54.1 Å². The molecule has 28 heavy (non-hydrogen) atoms. The van der Waals surface area contributed by atoms with Crippen LogP contribution in [0.2, 0.25) is 0 Å². The van der Waals surface area contributed by atoms with Gasteiger partial charge < -0.3 is 24.3 Å². The summed E-state index contributed by atoms with van der Waals surface area (Å²) in [7, 11) is 1.58. The van der Waals surface area contributed by atoms with E-state index < -0.39 is 0 Å². The third-order valence-corrected chi connectivity index (χ3v) is 4.39. The summed E-state index contributed by atoms with van der Waals surface area (Å²) in [6.07, 6.45) is 0. The first kappa shape index (κ1) is 19.7. The highest BCUT2D eigenvalue weighted by Crippen LogP contribution is 2.30. The smallest absolute Gasteiger partial charge is 0.302 e. The van der Waals surface area contributed by atoms with Gasteiger partial charge in [0.25, 0.3) is 5.91 Å². The molecule has 7 nitrogen and oxygen atoms in total. The molecule has 0 atom stereocenters. The van der Waals surface area contributed by atoms with Gasteiger partial charge in [0, 0.05) is 24.2 Å². The number of anilines is 1. The van der Waals surface area contributed by atoms with Gasteiger partial charge in [0.1, 0.15) is 24.7 Å². The number of esters is 1. The molecular weight excluding hydrogens is 362 g/mol. The number of hydrogen-bond donors (Lipinski definition) is 1. The Morgan fingerprint density at radius 2 is 1.82 bits per heavy atom. The molecule has 0 unspecified atom stereocenters. The fourth-order valence-electron chi connectivity index (χ4n) is 2.70. The molecule has 1 saturated heterocycles. The lowest BCUT2D eigenvalue weighted by molar-refractivity contribution is -0.175. The Hall–Kier alpha value is -3.06. The summed E-state index contributed by atoms with van der Waals surface area (Å²) in [6.45, 7) is 2.96. The van der Waals surface area contributed by atoms with E-state index in [4.69, 9.17) is 18.9 Å². The molecule has 0 bridgehead atoms. The van der Waals surface area contributed by atoms with Crippen molar-refractivity contribution in [3.63, 3.8) is 0 Å². The first-order valence-electron chi connectivity index (χ1n) is 8.89. The summed E-state index contributed by atoms with van der Waals surface area (Å²) in [5, 5.41) is 2.85. The summed E-state index contributed by atoms with van der Waals surface area (Å²) in [6, 6.07) is 14.0. The molecule has 3 rings (SSSR count). The standard InChI is InChI=1S/C21H23NO6/c1-15(23)27-13-21(11-26-12-21)14-28-19-5-3-4-17(10-19)22-20(24)16-6-8-18(25-2)9-7-16/h3-10H,11-14H2,1-2H3,(H,22,24). The van der Waals surface area contributed by atoms with E-state index in [0.29, 0.717) is 42.6 Å². The molecular formula is C21H23NO6. The zero-order valence-corrected chi connectivity index (χ0v) is 15.9. The fraction of sp³-hybridized carbons (Fsp3) is 0.333. The SMILES string of the molecule is COc1ccc(C(=O)Nc2cccc(OCC3(COC(C)=O)COC3)c2)cc1. The van der Waals surface area contributed by atoms with E-state index in [1.165, 1.54) is 6.92 Å². The summed E-state index contributed by atoms with van der Waals surface area (Å²) in [5.41, 5.74) is 0.824. The molecule has 148 valence electrons. The lowest BCUT2D eigenvalue weighted by Gasteiger charge is -2.40. The highest BCUT2D eigenvalue weighted by atomic mass is 16.6. The Morgan fingerprint density at radius 3 is 2.43 bits per heavy atom. The van der Waals surface area contributed by atoms with E-state index in [0.717, 1.165) is 0 Å². The lowest BCUT2D eigenvalue weighted by Crippen LogP contribution is -2.50. The Morgan fingerprint density at radius 1 is 1.07 bits per heavy atom. The molecule has 1 heterocycles. The number of carbonyl (C=O) groups is 2. The van der Waals surface area contributed by atoms with E-state index in [2.05, 4.69) is 5.32 Å². The number of nitrogens with one attached hydrogen (secondary N) is 1. The van der Waals surface area contributed by atoms with Gasteiger partial charge in [0.05, 0.1) is 25.7 Å². The zero-order chi connectivity index (χ0) is 20.0. The normalized spacial score (nSPS) is 14.5. The van der Waals surface area contributed by atoms with E-state index in [1.807, 2.05) is 6.07 Å². The Balaban J connectivity index is 1.58. The minimum absolute atomic E-state index is 0.224. The molecule has 7 heteroatoms. The van der Waals surface area contributed by atoms with Crippen molar-refractivity contribution in [2.24, 2.45) is 5.41 Å². The number of hydrogen-bond acceptors (Lipinski definition) is 6. The first-order chi connectivity index (χ1) is 13.5. The topological polar surface area (TPSA) is 83.1 Å². The van der Waals surface area contributed by atoms with Gasteiger partial charge >= 0.3 is 5.97 Å². The van der Waals surface area contributed by atoms with Crippen molar-refractivity contribution in [3.8, 4) is 11.5 Å². The van der Waals surface area contributed by atoms with Gasteiger partial charge in [0.2, 0.25) is 0 Å². The second kappa shape index (κ2) is 8.75. The number of amides is 1. The van der Waals surface area contributed by atoms with Gasteiger partial charge in [-0.3, -0.25) is 9.59 Å². The molecule has 1 N–H and O–H groups in total. The number of benzene rings is 2. The number of carbonyl (C=O) groups excluding carboxylic acids is 2. The molecule has 2 aromatic rings. The number of ether oxygens (including phenoxy) is 4. The van der Waals surface area contributed by atoms with Crippen LogP contribution in [-0.4, -0.2) is 45.4 Å². The summed E-state index contributed by atoms with van der Waals surface area (Å²) >= 11 is 0. The average molecular weight is 385 g/mol. The van der Waals surface area contributed by atoms with E-state index in [-0.39, 0.29) is 23.9 Å². The fourth-order valence-corrected chi connectivity index (χ4v) is 2.70. The van der Waals surface area contributed by atoms with Gasteiger partial charge in [-0.2, -0.15) is 0 Å². The lowest BCUT2D eigenvalue weighted by atomic mass is 9.88. The van der Waals surface area contributed by atoms with Gasteiger partial charge in [-0.05, 0) is 36.4 Å². The number of rotatable bonds is 8. The van der Waals surface area contributed by atoms with Gasteiger partial charge in [-0.1, -0.05) is 6.07 Å². The highest BCUT2D eigenvalue weighted by molar-refractivity contribution is 6.04. The maximum atomic E-state index is 12.4. The molecule has 1 fully saturated rings. The Kier molecular flexibility index (Phi) is 6.16. The molecule has 1 amide bonds. The van der Waals surface area contributed by atoms with Gasteiger partial charge in [0.15, 0.2) is 0 Å². The predicted molar refractivity (Wildman–Crippen MR) is 103 cm³/mol. The van der Waals surface area contributed by atoms with Crippen molar-refractivity contribution in [2.45, 2.75) is 6.92 Å². The van der Waals surface area contributed by atoms with Crippen LogP contribution in [0.25, 0.3) is 0 Å². The molecule has 0 aromatic heterocycles. The third kappa shape index (κ3) is 5.01. The van der Waals surface area contributed by atoms with Crippen LogP contribution in [0, 0.1) is 5.41 Å². The first-order valence-corrected chi connectivity index (χ1v) is 8.89. The zero-order valence-electron chi connectivity index (χ0n) is 15.9. The second-order valence-corrected chi connectivity index (χ2v) is 6.77. The van der Waals surface area contributed by atoms with E-state index >= 15 is 0 Å². The maximum absolute atomic E-state index is 12.4. The molecule has 0 saturated carbocycles. The molecule has 0 radical (unpaired) electrons. The number of methoxy groups -OCH3 is 1. The largest absolute Gasteiger partial charge is 0.497 e. The van der Waals surface area contributed by atoms with Crippen LogP contribution in [0.4, 0.5) is 5.69 Å². The molecule has 0 aliphatic carbocycles. The van der Waals surface area contributed by atoms with Crippen LogP contribution in [0.1, 0.15) is 17.3 Å². The van der Waals surface area contributed by atoms with Crippen molar-refractivity contribution in [2.75, 3.05) is 38.9 Å². The summed E-state index contributed by atoms with van der Waals surface area (Å²) in [4.78, 5) is 23.4. The summed E-state index contributed by atoms with van der Waals surface area (Å²) < 4.78 is 21.3. The quantitative estimate of drug-likeness (QED) is 0.704. The van der Waals surface area contributed by atoms with Crippen LogP contribution < -0.4 is 14.8 Å². The molecule has 1 aliphatic heterocycles. The van der Waals surface area contributed by atoms with Crippen molar-refractivity contribution in [1.29, 1.82) is 0 Å². The van der Waals surface area contributed by atoms with E-state index in [9.17, 15) is 9.59 Å². The van der Waals surface area contributed by atoms with Crippen molar-refractivity contribution < 1.29 is 28.5 Å². The Bertz CT molecular complexity index is 829. The summed E-state index contributed by atoms with van der Waals surface area (Å²) in [5.74, 6) is 0.754. The monoisotopic (exact) mass is 385 g/mol. The van der Waals surface area contributed by atoms with Gasteiger partial charge in [-0.15, -0.1) is 0 Å². The van der Waals surface area contributed by atoms with Crippen LogP contribution in [0.3, 0.4) is 0 Å². The minimum Gasteiger partial charge on any atom is -0.497 e.